The molecule has 32 heavy (non-hydrogen) atoms. The van der Waals surface area contributed by atoms with Crippen LogP contribution in [0.15, 0.2) is 102 Å². The SMILES string of the molecule is C[C@H](NC(=O)[C@@H](NS(=O)(=O)c1cccc2cccnc12)c1ccccc1)c1ccccc1. The van der Waals surface area contributed by atoms with Crippen molar-refractivity contribution >= 4 is 26.8 Å². The van der Waals surface area contributed by atoms with E-state index in [1.54, 1.807) is 54.7 Å². The van der Waals surface area contributed by atoms with Gasteiger partial charge in [0.2, 0.25) is 15.9 Å². The molecule has 1 aromatic heterocycles. The third kappa shape index (κ3) is 4.69. The molecule has 1 amide bonds. The first-order chi connectivity index (χ1) is 15.5. The fourth-order valence-electron chi connectivity index (χ4n) is 3.55. The summed E-state index contributed by atoms with van der Waals surface area (Å²) in [6.45, 7) is 1.86. The topological polar surface area (TPSA) is 88.2 Å². The van der Waals surface area contributed by atoms with Crippen molar-refractivity contribution in [3.05, 3.63) is 108 Å². The van der Waals surface area contributed by atoms with Crippen LogP contribution in [0.5, 0.6) is 0 Å². The summed E-state index contributed by atoms with van der Waals surface area (Å²) < 4.78 is 29.3. The number of sulfonamides is 1. The summed E-state index contributed by atoms with van der Waals surface area (Å²) in [7, 11) is -4.05. The van der Waals surface area contributed by atoms with Crippen LogP contribution in [-0.4, -0.2) is 19.3 Å². The number of carbonyl (C=O) groups is 1. The van der Waals surface area contributed by atoms with Gasteiger partial charge in [-0.25, -0.2) is 8.42 Å². The molecular weight excluding hydrogens is 422 g/mol. The van der Waals surface area contributed by atoms with Crippen molar-refractivity contribution in [2.24, 2.45) is 0 Å². The summed E-state index contributed by atoms with van der Waals surface area (Å²) in [4.78, 5) is 17.5. The highest BCUT2D eigenvalue weighted by molar-refractivity contribution is 7.89. The van der Waals surface area contributed by atoms with Gasteiger partial charge >= 0.3 is 0 Å². The molecule has 4 aromatic rings. The van der Waals surface area contributed by atoms with Gasteiger partial charge in [0.15, 0.2) is 0 Å². The molecule has 2 N–H and O–H groups in total. The van der Waals surface area contributed by atoms with Gasteiger partial charge in [0.05, 0.1) is 11.6 Å². The highest BCUT2D eigenvalue weighted by atomic mass is 32.2. The lowest BCUT2D eigenvalue weighted by Crippen LogP contribution is -2.41. The smallest absolute Gasteiger partial charge is 0.243 e. The van der Waals surface area contributed by atoms with Crippen molar-refractivity contribution in [1.29, 1.82) is 0 Å². The molecule has 3 aromatic carbocycles. The number of carbonyl (C=O) groups excluding carboxylic acids is 1. The van der Waals surface area contributed by atoms with Crippen molar-refractivity contribution in [2.75, 3.05) is 0 Å². The monoisotopic (exact) mass is 445 g/mol. The third-order valence-corrected chi connectivity index (χ3v) is 6.67. The van der Waals surface area contributed by atoms with Gasteiger partial charge in [-0.2, -0.15) is 4.72 Å². The van der Waals surface area contributed by atoms with Crippen molar-refractivity contribution in [3.8, 4) is 0 Å². The van der Waals surface area contributed by atoms with Crippen LogP contribution in [0.4, 0.5) is 0 Å². The average molecular weight is 446 g/mol. The first kappa shape index (κ1) is 21.7. The molecule has 7 heteroatoms. The van der Waals surface area contributed by atoms with Gasteiger partial charge in [0.1, 0.15) is 10.9 Å². The third-order valence-electron chi connectivity index (χ3n) is 5.21. The second kappa shape index (κ2) is 9.30. The van der Waals surface area contributed by atoms with Gasteiger partial charge in [-0.1, -0.05) is 78.9 Å². The number of fused-ring (bicyclic) bond motifs is 1. The minimum absolute atomic E-state index is 0.0282. The molecule has 0 saturated heterocycles. The maximum atomic E-state index is 13.4. The minimum atomic E-state index is -4.05. The molecule has 0 aliphatic rings. The van der Waals surface area contributed by atoms with Crippen molar-refractivity contribution in [2.45, 2.75) is 23.9 Å². The molecule has 0 unspecified atom stereocenters. The maximum absolute atomic E-state index is 13.4. The number of amides is 1. The average Bonchev–Trinajstić information content (AvgIpc) is 2.83. The Morgan fingerprint density at radius 1 is 0.812 bits per heavy atom. The van der Waals surface area contributed by atoms with Gasteiger partial charge in [0, 0.05) is 11.6 Å². The van der Waals surface area contributed by atoms with E-state index in [0.717, 1.165) is 5.56 Å². The quantitative estimate of drug-likeness (QED) is 0.448. The predicted molar refractivity (Wildman–Crippen MR) is 124 cm³/mol. The van der Waals surface area contributed by atoms with Crippen LogP contribution in [0.25, 0.3) is 10.9 Å². The first-order valence-corrected chi connectivity index (χ1v) is 11.7. The van der Waals surface area contributed by atoms with Gasteiger partial charge in [-0.15, -0.1) is 0 Å². The Morgan fingerprint density at radius 2 is 1.44 bits per heavy atom. The Balaban J connectivity index is 1.67. The number of hydrogen-bond donors (Lipinski definition) is 2. The predicted octanol–water partition coefficient (Wildman–Crippen LogP) is 4.13. The van der Waals surface area contributed by atoms with E-state index < -0.39 is 22.0 Å². The lowest BCUT2D eigenvalue weighted by atomic mass is 10.1. The molecule has 0 bridgehead atoms. The molecule has 0 radical (unpaired) electrons. The van der Waals surface area contributed by atoms with Crippen LogP contribution >= 0.6 is 0 Å². The molecule has 6 nitrogen and oxygen atoms in total. The van der Waals surface area contributed by atoms with Crippen molar-refractivity contribution in [3.63, 3.8) is 0 Å². The van der Waals surface area contributed by atoms with E-state index >= 15 is 0 Å². The Kier molecular flexibility index (Phi) is 6.30. The van der Waals surface area contributed by atoms with Gasteiger partial charge in [-0.05, 0) is 30.2 Å². The second-order valence-corrected chi connectivity index (χ2v) is 9.12. The lowest BCUT2D eigenvalue weighted by Gasteiger charge is -2.22. The number of nitrogens with zero attached hydrogens (tertiary/aromatic N) is 1. The van der Waals surface area contributed by atoms with Crippen LogP contribution in [0.1, 0.15) is 30.1 Å². The zero-order valence-corrected chi connectivity index (χ0v) is 18.3. The van der Waals surface area contributed by atoms with Crippen molar-refractivity contribution in [1.82, 2.24) is 15.0 Å². The molecule has 0 aliphatic carbocycles. The van der Waals surface area contributed by atoms with Crippen LogP contribution in [0.3, 0.4) is 0 Å². The summed E-state index contributed by atoms with van der Waals surface area (Å²) in [5.74, 6) is -0.440. The molecule has 0 aliphatic heterocycles. The van der Waals surface area contributed by atoms with Gasteiger partial charge in [0.25, 0.3) is 0 Å². The second-order valence-electron chi connectivity index (χ2n) is 7.44. The highest BCUT2D eigenvalue weighted by Crippen LogP contribution is 2.24. The first-order valence-electron chi connectivity index (χ1n) is 10.2. The molecule has 1 heterocycles. The molecule has 0 spiro atoms. The van der Waals surface area contributed by atoms with E-state index in [9.17, 15) is 13.2 Å². The van der Waals surface area contributed by atoms with E-state index in [-0.39, 0.29) is 10.9 Å². The number of benzene rings is 3. The Hall–Kier alpha value is -3.55. The molecule has 4 rings (SSSR count). The molecule has 0 fully saturated rings. The zero-order chi connectivity index (χ0) is 22.6. The number of nitrogens with one attached hydrogen (secondary N) is 2. The minimum Gasteiger partial charge on any atom is -0.348 e. The van der Waals surface area contributed by atoms with E-state index in [1.807, 2.05) is 43.3 Å². The number of pyridine rings is 1. The van der Waals surface area contributed by atoms with Gasteiger partial charge < -0.3 is 5.32 Å². The summed E-state index contributed by atoms with van der Waals surface area (Å²) in [5, 5.41) is 3.63. The summed E-state index contributed by atoms with van der Waals surface area (Å²) in [5.41, 5.74) is 1.82. The largest absolute Gasteiger partial charge is 0.348 e. The normalized spacial score (nSPS) is 13.4. The number of hydrogen-bond acceptors (Lipinski definition) is 4. The van der Waals surface area contributed by atoms with Crippen LogP contribution < -0.4 is 10.0 Å². The van der Waals surface area contributed by atoms with Gasteiger partial charge in [-0.3, -0.25) is 9.78 Å². The Morgan fingerprint density at radius 3 is 2.12 bits per heavy atom. The van der Waals surface area contributed by atoms with E-state index in [2.05, 4.69) is 15.0 Å². The van der Waals surface area contributed by atoms with E-state index in [4.69, 9.17) is 0 Å². The zero-order valence-electron chi connectivity index (χ0n) is 17.5. The summed E-state index contributed by atoms with van der Waals surface area (Å²) in [6.07, 6.45) is 1.55. The fourth-order valence-corrected chi connectivity index (χ4v) is 4.92. The lowest BCUT2D eigenvalue weighted by molar-refractivity contribution is -0.123. The maximum Gasteiger partial charge on any atom is 0.243 e. The Bertz CT molecular complexity index is 1320. The van der Waals surface area contributed by atoms with Crippen LogP contribution in [-0.2, 0) is 14.8 Å². The molecular formula is C25H23N3O3S. The summed E-state index contributed by atoms with van der Waals surface area (Å²) >= 11 is 0. The van der Waals surface area contributed by atoms with Crippen LogP contribution in [0.2, 0.25) is 0 Å². The van der Waals surface area contributed by atoms with E-state index in [1.165, 1.54) is 6.07 Å². The number of para-hydroxylation sites is 1. The summed E-state index contributed by atoms with van der Waals surface area (Å²) in [6, 6.07) is 25.4. The molecule has 2 atom stereocenters. The van der Waals surface area contributed by atoms with Crippen molar-refractivity contribution < 1.29 is 13.2 Å². The standard InChI is InChI=1S/C25H23N3O3S/c1-18(19-10-4-2-5-11-19)27-25(29)24(21-12-6-3-7-13-21)28-32(30,31)22-16-8-14-20-15-9-17-26-23(20)22/h2-18,24,28H,1H3,(H,27,29)/t18-,24-/m0/s1. The number of aromatic nitrogens is 1. The highest BCUT2D eigenvalue weighted by Gasteiger charge is 2.29. The fraction of sp³-hybridized carbons (Fsp3) is 0.120. The Labute approximate surface area is 187 Å². The van der Waals surface area contributed by atoms with Crippen LogP contribution in [0, 0.1) is 0 Å². The van der Waals surface area contributed by atoms with E-state index in [0.29, 0.717) is 16.5 Å². The number of rotatable bonds is 7. The molecule has 0 saturated carbocycles. The molecule has 162 valence electrons.